The van der Waals surface area contributed by atoms with E-state index in [1.807, 2.05) is 121 Å². The summed E-state index contributed by atoms with van der Waals surface area (Å²) in [6, 6.07) is 39.5. The van der Waals surface area contributed by atoms with Crippen molar-refractivity contribution < 1.29 is 9.47 Å². The van der Waals surface area contributed by atoms with Gasteiger partial charge in [-0.3, -0.25) is 10.9 Å². The molecule has 0 saturated carbocycles. The van der Waals surface area contributed by atoms with Crippen LogP contribution < -0.4 is 20.3 Å². The van der Waals surface area contributed by atoms with E-state index in [9.17, 15) is 0 Å². The molecule has 0 heterocycles. The molecule has 0 spiro atoms. The number of benzene rings is 5. The van der Waals surface area contributed by atoms with Crippen molar-refractivity contribution in [3.63, 3.8) is 0 Å². The maximum atomic E-state index is 5.77. The first-order valence-corrected chi connectivity index (χ1v) is 14.7. The summed E-state index contributed by atoms with van der Waals surface area (Å²) in [7, 11) is 3.32. The topological polar surface area (TPSA) is 67.2 Å². The Balaban J connectivity index is 1.67. The van der Waals surface area contributed by atoms with E-state index in [1.54, 1.807) is 14.2 Å². The molecule has 6 nitrogen and oxygen atoms in total. The molecular formula is C34H28Br2N4O2. The molecule has 0 aromatic heterocycles. The number of rotatable bonds is 10. The predicted molar refractivity (Wildman–Crippen MR) is 179 cm³/mol. The average molecular weight is 684 g/mol. The highest BCUT2D eigenvalue weighted by Crippen LogP contribution is 2.27. The van der Waals surface area contributed by atoms with Crippen molar-refractivity contribution in [1.29, 1.82) is 0 Å². The summed E-state index contributed by atoms with van der Waals surface area (Å²) in [5, 5.41) is 9.86. The number of nitrogens with one attached hydrogen (secondary N) is 2. The Morgan fingerprint density at radius 3 is 1.52 bits per heavy atom. The van der Waals surface area contributed by atoms with E-state index in [4.69, 9.17) is 19.7 Å². The highest BCUT2D eigenvalue weighted by Gasteiger charge is 2.20. The average Bonchev–Trinajstić information content (AvgIpc) is 3.04. The molecule has 0 radical (unpaired) electrons. The lowest BCUT2D eigenvalue weighted by molar-refractivity contribution is 0.414. The van der Waals surface area contributed by atoms with E-state index in [1.165, 1.54) is 0 Å². The minimum absolute atomic E-state index is 0.704. The predicted octanol–water partition coefficient (Wildman–Crippen LogP) is 8.96. The molecule has 2 N–H and O–H groups in total. The van der Waals surface area contributed by atoms with Crippen LogP contribution in [0.4, 0.5) is 11.4 Å². The van der Waals surface area contributed by atoms with Gasteiger partial charge in [0.1, 0.15) is 17.2 Å². The summed E-state index contributed by atoms with van der Waals surface area (Å²) in [5.74, 6) is 1.47. The van der Waals surface area contributed by atoms with Crippen LogP contribution in [0.15, 0.2) is 140 Å². The number of anilines is 2. The molecule has 5 rings (SSSR count). The van der Waals surface area contributed by atoms with Crippen LogP contribution in [0, 0.1) is 0 Å². The summed E-state index contributed by atoms with van der Waals surface area (Å²) in [5.41, 5.74) is 13.1. The summed E-state index contributed by atoms with van der Waals surface area (Å²) in [6.45, 7) is 0. The minimum atomic E-state index is 0.704. The Bertz CT molecular complexity index is 1700. The zero-order chi connectivity index (χ0) is 29.3. The SMILES string of the molecule is COc1ccc(/C(=N/Nc2ccc(Br)cc2)c2ccccc2/C(=N/Nc2ccc(Br)cc2)c2ccccc2OC)cc1. The first-order valence-electron chi connectivity index (χ1n) is 13.1. The van der Waals surface area contributed by atoms with E-state index in [-0.39, 0.29) is 0 Å². The van der Waals surface area contributed by atoms with Gasteiger partial charge in [0.15, 0.2) is 0 Å². The number of hydrogen-bond donors (Lipinski definition) is 2. The third-order valence-electron chi connectivity index (χ3n) is 6.44. The number of hydrogen-bond acceptors (Lipinski definition) is 6. The number of ether oxygens (including phenoxy) is 2. The van der Waals surface area contributed by atoms with Crippen LogP contribution in [0.25, 0.3) is 0 Å². The zero-order valence-electron chi connectivity index (χ0n) is 23.0. The fraction of sp³-hybridized carbons (Fsp3) is 0.0588. The van der Waals surface area contributed by atoms with Gasteiger partial charge in [-0.05, 0) is 84.9 Å². The molecule has 0 aliphatic rings. The van der Waals surface area contributed by atoms with Crippen molar-refractivity contribution in [3.05, 3.63) is 153 Å². The van der Waals surface area contributed by atoms with Gasteiger partial charge in [0.2, 0.25) is 0 Å². The number of para-hydroxylation sites is 1. The van der Waals surface area contributed by atoms with Crippen LogP contribution in [-0.4, -0.2) is 25.6 Å². The standard InChI is InChI=1S/C34H28Br2N4O2/c1-41-28-21-11-23(12-22-28)33(39-37-26-17-13-24(35)14-18-26)29-7-3-4-8-30(29)34(31-9-5-6-10-32(31)42-2)40-38-27-19-15-25(36)16-20-27/h3-22,37-38H,1-2H3/b39-33-,40-34-. The maximum absolute atomic E-state index is 5.77. The smallest absolute Gasteiger partial charge is 0.128 e. The van der Waals surface area contributed by atoms with Crippen molar-refractivity contribution in [1.82, 2.24) is 0 Å². The van der Waals surface area contributed by atoms with Crippen molar-refractivity contribution in [3.8, 4) is 11.5 Å². The molecule has 0 aliphatic heterocycles. The molecule has 0 aliphatic carbocycles. The summed E-state index contributed by atoms with van der Waals surface area (Å²) >= 11 is 7.00. The lowest BCUT2D eigenvalue weighted by atomic mass is 9.92. The molecule has 0 unspecified atom stereocenters. The third-order valence-corrected chi connectivity index (χ3v) is 7.50. The molecule has 210 valence electrons. The molecule has 0 fully saturated rings. The second-order valence-electron chi connectivity index (χ2n) is 9.13. The molecule has 5 aromatic rings. The maximum Gasteiger partial charge on any atom is 0.128 e. The number of halogens is 2. The Hall–Kier alpha value is -4.40. The first-order chi connectivity index (χ1) is 20.6. The molecule has 0 saturated heterocycles. The van der Waals surface area contributed by atoms with Crippen LogP contribution in [0.1, 0.15) is 22.3 Å². The molecule has 8 heteroatoms. The van der Waals surface area contributed by atoms with Crippen molar-refractivity contribution in [2.45, 2.75) is 0 Å². The van der Waals surface area contributed by atoms with Crippen LogP contribution >= 0.6 is 31.9 Å². The van der Waals surface area contributed by atoms with Gasteiger partial charge < -0.3 is 9.47 Å². The van der Waals surface area contributed by atoms with Crippen LogP contribution in [0.2, 0.25) is 0 Å². The van der Waals surface area contributed by atoms with Gasteiger partial charge in [0.05, 0.1) is 31.3 Å². The summed E-state index contributed by atoms with van der Waals surface area (Å²) < 4.78 is 13.2. The largest absolute Gasteiger partial charge is 0.497 e. The lowest BCUT2D eigenvalue weighted by Gasteiger charge is -2.17. The van der Waals surface area contributed by atoms with Gasteiger partial charge in [0.25, 0.3) is 0 Å². The van der Waals surface area contributed by atoms with Gasteiger partial charge in [-0.1, -0.05) is 68.3 Å². The van der Waals surface area contributed by atoms with E-state index < -0.39 is 0 Å². The van der Waals surface area contributed by atoms with Crippen LogP contribution in [-0.2, 0) is 0 Å². The highest BCUT2D eigenvalue weighted by molar-refractivity contribution is 9.10. The van der Waals surface area contributed by atoms with Gasteiger partial charge >= 0.3 is 0 Å². The van der Waals surface area contributed by atoms with Gasteiger partial charge in [-0.15, -0.1) is 0 Å². The van der Waals surface area contributed by atoms with Gasteiger partial charge in [0, 0.05) is 31.2 Å². The Kier molecular flexibility index (Phi) is 9.69. The Morgan fingerprint density at radius 1 is 0.524 bits per heavy atom. The van der Waals surface area contributed by atoms with E-state index in [2.05, 4.69) is 42.7 Å². The molecule has 42 heavy (non-hydrogen) atoms. The third kappa shape index (κ3) is 7.08. The zero-order valence-corrected chi connectivity index (χ0v) is 26.2. The lowest BCUT2D eigenvalue weighted by Crippen LogP contribution is -2.16. The van der Waals surface area contributed by atoms with Gasteiger partial charge in [-0.25, -0.2) is 0 Å². The Labute approximate surface area is 262 Å². The molecule has 5 aromatic carbocycles. The summed E-state index contributed by atoms with van der Waals surface area (Å²) in [6.07, 6.45) is 0. The van der Waals surface area contributed by atoms with E-state index in [0.29, 0.717) is 11.5 Å². The fourth-order valence-electron chi connectivity index (χ4n) is 4.32. The van der Waals surface area contributed by atoms with Gasteiger partial charge in [-0.2, -0.15) is 10.2 Å². The second-order valence-corrected chi connectivity index (χ2v) is 11.0. The minimum Gasteiger partial charge on any atom is -0.497 e. The fourth-order valence-corrected chi connectivity index (χ4v) is 4.85. The second kappa shape index (κ2) is 14.0. The first kappa shape index (κ1) is 29.1. The van der Waals surface area contributed by atoms with Crippen molar-refractivity contribution in [2.75, 3.05) is 25.1 Å². The number of hydrazone groups is 2. The van der Waals surface area contributed by atoms with Crippen molar-refractivity contribution >= 4 is 54.7 Å². The number of methoxy groups -OCH3 is 2. The molecular weight excluding hydrogens is 656 g/mol. The van der Waals surface area contributed by atoms with E-state index in [0.717, 1.165) is 54.0 Å². The summed E-state index contributed by atoms with van der Waals surface area (Å²) in [4.78, 5) is 0. The molecule has 0 amide bonds. The molecule has 0 bridgehead atoms. The van der Waals surface area contributed by atoms with Crippen LogP contribution in [0.3, 0.4) is 0 Å². The quantitative estimate of drug-likeness (QED) is 0.114. The van der Waals surface area contributed by atoms with E-state index >= 15 is 0 Å². The highest BCUT2D eigenvalue weighted by atomic mass is 79.9. The normalized spacial score (nSPS) is 11.6. The number of nitrogens with zero attached hydrogens (tertiary/aromatic N) is 2. The molecule has 0 atom stereocenters. The monoisotopic (exact) mass is 682 g/mol. The van der Waals surface area contributed by atoms with Crippen LogP contribution in [0.5, 0.6) is 11.5 Å². The van der Waals surface area contributed by atoms with Crippen molar-refractivity contribution in [2.24, 2.45) is 10.2 Å². The Morgan fingerprint density at radius 2 is 1.00 bits per heavy atom.